The van der Waals surface area contributed by atoms with Gasteiger partial charge < -0.3 is 19.7 Å². The van der Waals surface area contributed by atoms with Crippen molar-refractivity contribution in [1.82, 2.24) is 9.88 Å². The van der Waals surface area contributed by atoms with Gasteiger partial charge in [-0.3, -0.25) is 4.79 Å². The van der Waals surface area contributed by atoms with Crippen LogP contribution in [-0.2, 0) is 16.1 Å². The Morgan fingerprint density at radius 1 is 1.56 bits per heavy atom. The van der Waals surface area contributed by atoms with Crippen LogP contribution in [0.3, 0.4) is 0 Å². The Morgan fingerprint density at radius 3 is 2.72 bits per heavy atom. The second-order valence-corrected chi connectivity index (χ2v) is 4.17. The lowest BCUT2D eigenvalue weighted by atomic mass is 10.2. The first-order valence-electron chi connectivity index (χ1n) is 5.63. The Balaban J connectivity index is 2.62. The number of methoxy groups -OCH3 is 1. The largest absolute Gasteiger partial charge is 0.478 e. The van der Waals surface area contributed by atoms with Crippen LogP contribution in [0.5, 0.6) is 0 Å². The molecule has 1 aromatic heterocycles. The number of aromatic nitrogens is 1. The predicted molar refractivity (Wildman–Crippen MR) is 65.6 cm³/mol. The van der Waals surface area contributed by atoms with Gasteiger partial charge in [-0.05, 0) is 19.9 Å². The summed E-state index contributed by atoms with van der Waals surface area (Å²) >= 11 is 0. The van der Waals surface area contributed by atoms with Crippen molar-refractivity contribution < 1.29 is 19.4 Å². The summed E-state index contributed by atoms with van der Waals surface area (Å²) in [5, 5.41) is 11.7. The van der Waals surface area contributed by atoms with Crippen LogP contribution in [0.15, 0.2) is 12.3 Å². The molecule has 0 radical (unpaired) electrons. The van der Waals surface area contributed by atoms with Crippen molar-refractivity contribution in [2.75, 3.05) is 13.7 Å². The van der Waals surface area contributed by atoms with E-state index in [9.17, 15) is 9.59 Å². The fourth-order valence-corrected chi connectivity index (χ4v) is 1.72. The minimum absolute atomic E-state index is 0.0719. The number of carbonyl (C=O) groups is 2. The average molecular weight is 254 g/mol. The van der Waals surface area contributed by atoms with E-state index in [1.165, 1.54) is 6.07 Å². The third kappa shape index (κ3) is 3.59. The van der Waals surface area contributed by atoms with Crippen LogP contribution in [0.25, 0.3) is 0 Å². The van der Waals surface area contributed by atoms with Gasteiger partial charge in [-0.2, -0.15) is 0 Å². The number of carbonyl (C=O) groups excluding carboxylic acids is 1. The van der Waals surface area contributed by atoms with Gasteiger partial charge in [0, 0.05) is 25.0 Å². The van der Waals surface area contributed by atoms with Crippen molar-refractivity contribution in [2.45, 2.75) is 26.4 Å². The van der Waals surface area contributed by atoms with Crippen molar-refractivity contribution in [2.24, 2.45) is 0 Å². The van der Waals surface area contributed by atoms with Crippen LogP contribution in [0.4, 0.5) is 0 Å². The van der Waals surface area contributed by atoms with Crippen LogP contribution < -0.4 is 5.32 Å². The van der Waals surface area contributed by atoms with E-state index >= 15 is 0 Å². The van der Waals surface area contributed by atoms with Gasteiger partial charge in [-0.1, -0.05) is 0 Å². The maximum atomic E-state index is 11.7. The Bertz CT molecular complexity index is 439. The highest BCUT2D eigenvalue weighted by atomic mass is 16.5. The fourth-order valence-electron chi connectivity index (χ4n) is 1.72. The summed E-state index contributed by atoms with van der Waals surface area (Å²) < 4.78 is 6.52. The topological polar surface area (TPSA) is 80.6 Å². The van der Waals surface area contributed by atoms with E-state index in [1.54, 1.807) is 24.8 Å². The summed E-state index contributed by atoms with van der Waals surface area (Å²) in [4.78, 5) is 22.5. The van der Waals surface area contributed by atoms with Crippen molar-refractivity contribution >= 4 is 11.9 Å². The molecule has 0 aromatic carbocycles. The van der Waals surface area contributed by atoms with Crippen LogP contribution in [0.2, 0.25) is 0 Å². The highest BCUT2D eigenvalue weighted by Gasteiger charge is 2.14. The molecular formula is C12H18N2O4. The molecule has 0 saturated heterocycles. The molecule has 1 unspecified atom stereocenters. The zero-order valence-corrected chi connectivity index (χ0v) is 10.8. The first kappa shape index (κ1) is 14.2. The smallest absolute Gasteiger partial charge is 0.337 e. The number of ether oxygens (including phenoxy) is 1. The Kier molecular flexibility index (Phi) is 4.91. The van der Waals surface area contributed by atoms with Crippen molar-refractivity contribution in [3.8, 4) is 0 Å². The normalized spacial score (nSPS) is 12.2. The zero-order valence-electron chi connectivity index (χ0n) is 10.8. The van der Waals surface area contributed by atoms with Crippen LogP contribution in [-0.4, -0.2) is 41.3 Å². The Labute approximate surface area is 106 Å². The number of aromatic carboxylic acids is 1. The number of hydrogen-bond acceptors (Lipinski definition) is 3. The second-order valence-electron chi connectivity index (χ2n) is 4.17. The van der Waals surface area contributed by atoms with Gasteiger partial charge in [0.1, 0.15) is 6.54 Å². The van der Waals surface area contributed by atoms with Gasteiger partial charge in [0.2, 0.25) is 5.91 Å². The van der Waals surface area contributed by atoms with Crippen molar-refractivity contribution in [3.63, 3.8) is 0 Å². The summed E-state index contributed by atoms with van der Waals surface area (Å²) in [6.07, 6.45) is 1.60. The molecule has 0 aliphatic heterocycles. The quantitative estimate of drug-likeness (QED) is 0.781. The third-order valence-corrected chi connectivity index (χ3v) is 2.61. The molecule has 0 aliphatic carbocycles. The number of rotatable bonds is 6. The molecule has 2 N–H and O–H groups in total. The lowest BCUT2D eigenvalue weighted by Gasteiger charge is -2.13. The van der Waals surface area contributed by atoms with E-state index in [1.807, 2.05) is 6.92 Å². The van der Waals surface area contributed by atoms with E-state index in [2.05, 4.69) is 5.32 Å². The molecule has 1 amide bonds. The van der Waals surface area contributed by atoms with Crippen LogP contribution in [0.1, 0.15) is 23.0 Å². The lowest BCUT2D eigenvalue weighted by molar-refractivity contribution is -0.122. The summed E-state index contributed by atoms with van der Waals surface area (Å²) in [6, 6.07) is 1.42. The molecule has 18 heavy (non-hydrogen) atoms. The zero-order chi connectivity index (χ0) is 13.7. The number of nitrogens with one attached hydrogen (secondary N) is 1. The predicted octanol–water partition coefficient (Wildman–Crippen LogP) is 0.646. The van der Waals surface area contributed by atoms with E-state index in [0.29, 0.717) is 12.3 Å². The molecule has 0 aliphatic rings. The first-order chi connectivity index (χ1) is 8.45. The minimum atomic E-state index is -0.987. The van der Waals surface area contributed by atoms with Crippen molar-refractivity contribution in [3.05, 3.63) is 23.5 Å². The maximum absolute atomic E-state index is 11.7. The van der Waals surface area contributed by atoms with E-state index in [0.717, 1.165) is 0 Å². The average Bonchev–Trinajstić information content (AvgIpc) is 2.60. The Morgan fingerprint density at radius 2 is 2.22 bits per heavy atom. The third-order valence-electron chi connectivity index (χ3n) is 2.61. The summed E-state index contributed by atoms with van der Waals surface area (Å²) in [7, 11) is 1.57. The highest BCUT2D eigenvalue weighted by Crippen LogP contribution is 2.09. The van der Waals surface area contributed by atoms with Crippen molar-refractivity contribution in [1.29, 1.82) is 0 Å². The molecular weight excluding hydrogens is 236 g/mol. The van der Waals surface area contributed by atoms with Gasteiger partial charge >= 0.3 is 5.97 Å². The van der Waals surface area contributed by atoms with Gasteiger partial charge in [-0.25, -0.2) is 4.79 Å². The molecule has 1 heterocycles. The highest BCUT2D eigenvalue weighted by molar-refractivity contribution is 5.89. The van der Waals surface area contributed by atoms with Gasteiger partial charge in [0.25, 0.3) is 0 Å². The summed E-state index contributed by atoms with van der Waals surface area (Å²) in [6.45, 7) is 4.06. The van der Waals surface area contributed by atoms with Crippen LogP contribution >= 0.6 is 0 Å². The molecule has 1 aromatic rings. The minimum Gasteiger partial charge on any atom is -0.478 e. The second kappa shape index (κ2) is 6.20. The monoisotopic (exact) mass is 254 g/mol. The van der Waals surface area contributed by atoms with Crippen LogP contribution in [0, 0.1) is 6.92 Å². The molecule has 100 valence electrons. The molecule has 0 fully saturated rings. The Hall–Kier alpha value is -1.82. The molecule has 1 rings (SSSR count). The SMILES string of the molecule is COCC(C)NC(=O)Cn1ccc(C(=O)O)c1C. The molecule has 0 bridgehead atoms. The van der Waals surface area contributed by atoms with Gasteiger partial charge in [-0.15, -0.1) is 0 Å². The number of amides is 1. The summed E-state index contributed by atoms with van der Waals surface area (Å²) in [5.41, 5.74) is 0.782. The number of carboxylic acids is 1. The van der Waals surface area contributed by atoms with E-state index < -0.39 is 5.97 Å². The molecule has 6 heteroatoms. The lowest BCUT2D eigenvalue weighted by Crippen LogP contribution is -2.37. The molecule has 0 saturated carbocycles. The number of nitrogens with zero attached hydrogens (tertiary/aromatic N) is 1. The number of hydrogen-bond donors (Lipinski definition) is 2. The van der Waals surface area contributed by atoms with Gasteiger partial charge in [0.05, 0.1) is 12.2 Å². The van der Waals surface area contributed by atoms with E-state index in [4.69, 9.17) is 9.84 Å². The summed E-state index contributed by atoms with van der Waals surface area (Å²) in [5.74, 6) is -1.16. The van der Waals surface area contributed by atoms with Gasteiger partial charge in [0.15, 0.2) is 0 Å². The molecule has 6 nitrogen and oxygen atoms in total. The maximum Gasteiger partial charge on any atom is 0.337 e. The molecule has 1 atom stereocenters. The van der Waals surface area contributed by atoms with E-state index in [-0.39, 0.29) is 24.1 Å². The fraction of sp³-hybridized carbons (Fsp3) is 0.500. The number of carboxylic acid groups (broad SMARTS) is 1. The first-order valence-corrected chi connectivity index (χ1v) is 5.63. The standard InChI is InChI=1S/C12H18N2O4/c1-8(7-18-3)13-11(15)6-14-5-4-10(9(14)2)12(16)17/h4-5,8H,6-7H2,1-3H3,(H,13,15)(H,16,17). The molecule has 0 spiro atoms.